The Kier molecular flexibility index (Phi) is 5.56. The van der Waals surface area contributed by atoms with Crippen LogP contribution < -0.4 is 25.4 Å². The third-order valence-corrected chi connectivity index (χ3v) is 3.68. The molecule has 7 nitrogen and oxygen atoms in total. The maximum Gasteiger partial charge on any atom is 0.320 e. The van der Waals surface area contributed by atoms with E-state index in [1.807, 2.05) is 30.3 Å². The lowest BCUT2D eigenvalue weighted by Crippen LogP contribution is -2.30. The highest BCUT2D eigenvalue weighted by atomic mass is 16.5. The molecule has 1 aliphatic rings. The maximum absolute atomic E-state index is 11.6. The second kappa shape index (κ2) is 8.23. The predicted octanol–water partition coefficient (Wildman–Crippen LogP) is 2.87. The minimum atomic E-state index is -0.205. The van der Waals surface area contributed by atoms with Gasteiger partial charge in [0.15, 0.2) is 0 Å². The standard InChI is InChI=1S/C18H22N4O3/c1-24-15-5-7-16(8-6-15)25-11-10-19-14-4-9-17(20-12-14)22-18(23)21-13-2-3-13/h4-9,12-13,19H,2-3,10-11H2,1H3,(H2,20,21,22,23). The van der Waals surface area contributed by atoms with Gasteiger partial charge in [-0.2, -0.15) is 0 Å². The Morgan fingerprint density at radius 2 is 1.92 bits per heavy atom. The van der Waals surface area contributed by atoms with Crippen LogP contribution in [0.15, 0.2) is 42.6 Å². The summed E-state index contributed by atoms with van der Waals surface area (Å²) in [5.41, 5.74) is 0.867. The van der Waals surface area contributed by atoms with Crippen molar-refractivity contribution in [3.63, 3.8) is 0 Å². The van der Waals surface area contributed by atoms with Crippen LogP contribution in [0, 0.1) is 0 Å². The van der Waals surface area contributed by atoms with Gasteiger partial charge in [0.05, 0.1) is 19.0 Å². The topological polar surface area (TPSA) is 84.5 Å². The summed E-state index contributed by atoms with van der Waals surface area (Å²) in [4.78, 5) is 15.8. The number of hydrogen-bond donors (Lipinski definition) is 3. The van der Waals surface area contributed by atoms with E-state index in [4.69, 9.17) is 9.47 Å². The summed E-state index contributed by atoms with van der Waals surface area (Å²) in [5, 5.41) is 8.79. The Balaban J connectivity index is 1.36. The van der Waals surface area contributed by atoms with Gasteiger partial charge in [-0.15, -0.1) is 0 Å². The molecule has 25 heavy (non-hydrogen) atoms. The molecule has 1 fully saturated rings. The van der Waals surface area contributed by atoms with Gasteiger partial charge in [-0.1, -0.05) is 0 Å². The van der Waals surface area contributed by atoms with Crippen molar-refractivity contribution < 1.29 is 14.3 Å². The highest BCUT2D eigenvalue weighted by Gasteiger charge is 2.23. The number of pyridine rings is 1. The van der Waals surface area contributed by atoms with E-state index in [0.29, 0.717) is 25.0 Å². The number of rotatable bonds is 8. The van der Waals surface area contributed by atoms with Gasteiger partial charge in [0, 0.05) is 12.6 Å². The number of ether oxygens (including phenoxy) is 2. The van der Waals surface area contributed by atoms with Crippen molar-refractivity contribution in [1.29, 1.82) is 0 Å². The van der Waals surface area contributed by atoms with Crippen molar-refractivity contribution in [1.82, 2.24) is 10.3 Å². The minimum Gasteiger partial charge on any atom is -0.497 e. The van der Waals surface area contributed by atoms with Crippen LogP contribution in [0.3, 0.4) is 0 Å². The van der Waals surface area contributed by atoms with Crippen LogP contribution in [-0.4, -0.2) is 37.3 Å². The van der Waals surface area contributed by atoms with Crippen LogP contribution in [0.4, 0.5) is 16.3 Å². The first kappa shape index (κ1) is 16.9. The zero-order valence-electron chi connectivity index (χ0n) is 14.1. The highest BCUT2D eigenvalue weighted by Crippen LogP contribution is 2.19. The molecule has 2 amide bonds. The van der Waals surface area contributed by atoms with Crippen LogP contribution in [0.25, 0.3) is 0 Å². The lowest BCUT2D eigenvalue weighted by molar-refractivity contribution is 0.251. The van der Waals surface area contributed by atoms with Gasteiger partial charge in [-0.05, 0) is 49.2 Å². The fourth-order valence-corrected chi connectivity index (χ4v) is 2.17. The first-order valence-corrected chi connectivity index (χ1v) is 8.27. The largest absolute Gasteiger partial charge is 0.497 e. The summed E-state index contributed by atoms with van der Waals surface area (Å²) in [6.07, 6.45) is 3.80. The van der Waals surface area contributed by atoms with Gasteiger partial charge in [0.1, 0.15) is 23.9 Å². The lowest BCUT2D eigenvalue weighted by Gasteiger charge is -2.10. The van der Waals surface area contributed by atoms with E-state index in [9.17, 15) is 4.79 Å². The second-order valence-electron chi connectivity index (χ2n) is 5.76. The minimum absolute atomic E-state index is 0.205. The molecule has 132 valence electrons. The summed E-state index contributed by atoms with van der Waals surface area (Å²) in [7, 11) is 1.63. The Labute approximate surface area is 146 Å². The number of carbonyl (C=O) groups excluding carboxylic acids is 1. The van der Waals surface area contributed by atoms with E-state index in [-0.39, 0.29) is 6.03 Å². The number of nitrogens with one attached hydrogen (secondary N) is 3. The van der Waals surface area contributed by atoms with Crippen molar-refractivity contribution in [3.05, 3.63) is 42.6 Å². The quantitative estimate of drug-likeness (QED) is 0.643. The van der Waals surface area contributed by atoms with Crippen LogP contribution in [0.2, 0.25) is 0 Å². The molecule has 0 spiro atoms. The molecule has 0 bridgehead atoms. The molecule has 1 aromatic carbocycles. The van der Waals surface area contributed by atoms with Crippen molar-refractivity contribution >= 4 is 17.5 Å². The van der Waals surface area contributed by atoms with Gasteiger partial charge < -0.3 is 20.1 Å². The van der Waals surface area contributed by atoms with Crippen molar-refractivity contribution in [3.8, 4) is 11.5 Å². The lowest BCUT2D eigenvalue weighted by atomic mass is 10.3. The van der Waals surface area contributed by atoms with E-state index in [1.54, 1.807) is 19.4 Å². The predicted molar refractivity (Wildman–Crippen MR) is 96.4 cm³/mol. The number of urea groups is 1. The SMILES string of the molecule is COc1ccc(OCCNc2ccc(NC(=O)NC3CC3)nc2)cc1. The summed E-state index contributed by atoms with van der Waals surface area (Å²) in [5.74, 6) is 2.12. The molecule has 1 aromatic heterocycles. The molecule has 0 saturated heterocycles. The molecule has 0 aliphatic heterocycles. The normalized spacial score (nSPS) is 13.0. The number of aromatic nitrogens is 1. The molecule has 0 unspecified atom stereocenters. The number of methoxy groups -OCH3 is 1. The van der Waals surface area contributed by atoms with Crippen molar-refractivity contribution in [2.24, 2.45) is 0 Å². The van der Waals surface area contributed by atoms with E-state index in [0.717, 1.165) is 30.0 Å². The van der Waals surface area contributed by atoms with Gasteiger partial charge in [0.25, 0.3) is 0 Å². The molecule has 7 heteroatoms. The number of carbonyl (C=O) groups is 1. The number of anilines is 2. The molecule has 3 rings (SSSR count). The average Bonchev–Trinajstić information content (AvgIpc) is 3.44. The van der Waals surface area contributed by atoms with Crippen LogP contribution >= 0.6 is 0 Å². The molecule has 3 N–H and O–H groups in total. The van der Waals surface area contributed by atoms with Gasteiger partial charge in [-0.3, -0.25) is 5.32 Å². The van der Waals surface area contributed by atoms with E-state index in [2.05, 4.69) is 20.9 Å². The fraction of sp³-hybridized carbons (Fsp3) is 0.333. The average molecular weight is 342 g/mol. The molecule has 1 aliphatic carbocycles. The molecule has 2 aromatic rings. The van der Waals surface area contributed by atoms with Crippen molar-refractivity contribution in [2.75, 3.05) is 30.9 Å². The highest BCUT2D eigenvalue weighted by molar-refractivity contribution is 5.88. The van der Waals surface area contributed by atoms with Crippen LogP contribution in [0.1, 0.15) is 12.8 Å². The van der Waals surface area contributed by atoms with Crippen LogP contribution in [0.5, 0.6) is 11.5 Å². The first-order valence-electron chi connectivity index (χ1n) is 8.27. The summed E-state index contributed by atoms with van der Waals surface area (Å²) in [6.45, 7) is 1.17. The zero-order valence-corrected chi connectivity index (χ0v) is 14.1. The molecule has 0 radical (unpaired) electrons. The number of nitrogens with zero attached hydrogens (tertiary/aromatic N) is 1. The van der Waals surface area contributed by atoms with E-state index < -0.39 is 0 Å². The number of hydrogen-bond acceptors (Lipinski definition) is 5. The summed E-state index contributed by atoms with van der Waals surface area (Å²) < 4.78 is 10.7. The zero-order chi connectivity index (χ0) is 17.5. The Morgan fingerprint density at radius 1 is 1.16 bits per heavy atom. The molecule has 1 saturated carbocycles. The smallest absolute Gasteiger partial charge is 0.320 e. The Bertz CT molecular complexity index is 684. The van der Waals surface area contributed by atoms with Crippen LogP contribution in [-0.2, 0) is 0 Å². The third kappa shape index (κ3) is 5.56. The van der Waals surface area contributed by atoms with Gasteiger partial charge in [0.2, 0.25) is 0 Å². The fourth-order valence-electron chi connectivity index (χ4n) is 2.17. The van der Waals surface area contributed by atoms with E-state index in [1.165, 1.54) is 0 Å². The monoisotopic (exact) mass is 342 g/mol. The third-order valence-electron chi connectivity index (χ3n) is 3.68. The first-order chi connectivity index (χ1) is 12.2. The Hall–Kier alpha value is -2.96. The maximum atomic E-state index is 11.6. The van der Waals surface area contributed by atoms with Crippen molar-refractivity contribution in [2.45, 2.75) is 18.9 Å². The number of benzene rings is 1. The summed E-state index contributed by atoms with van der Waals surface area (Å²) >= 11 is 0. The second-order valence-corrected chi connectivity index (χ2v) is 5.76. The van der Waals surface area contributed by atoms with E-state index >= 15 is 0 Å². The number of amides is 2. The molecular weight excluding hydrogens is 320 g/mol. The Morgan fingerprint density at radius 3 is 2.56 bits per heavy atom. The van der Waals surface area contributed by atoms with Gasteiger partial charge >= 0.3 is 6.03 Å². The molecule has 0 atom stereocenters. The van der Waals surface area contributed by atoms with Gasteiger partial charge in [-0.25, -0.2) is 9.78 Å². The summed E-state index contributed by atoms with van der Waals surface area (Å²) in [6, 6.07) is 11.2. The molecular formula is C18H22N4O3. The molecule has 1 heterocycles.